The first-order chi connectivity index (χ1) is 7.54. The quantitative estimate of drug-likeness (QED) is 0.572. The van der Waals surface area contributed by atoms with Gasteiger partial charge in [0.05, 0.1) is 5.02 Å². The highest BCUT2D eigenvalue weighted by molar-refractivity contribution is 6.37. The zero-order chi connectivity index (χ0) is 11.9. The van der Waals surface area contributed by atoms with Crippen LogP contribution in [0.4, 0.5) is 8.78 Å². The monoisotopic (exact) mass is 244 g/mol. The average Bonchev–Trinajstić information content (AvgIpc) is 2.21. The summed E-state index contributed by atoms with van der Waals surface area (Å²) in [5, 5.41) is -0.472. The molecular weight excluding hydrogens is 242 g/mol. The number of carbonyl (C=O) groups excluding carboxylic acids is 1. The van der Waals surface area contributed by atoms with E-state index >= 15 is 0 Å². The third-order valence-electron chi connectivity index (χ3n) is 2.01. The number of hydrogen-bond donors (Lipinski definition) is 0. The summed E-state index contributed by atoms with van der Waals surface area (Å²) in [6, 6.07) is 1.44. The lowest BCUT2D eigenvalue weighted by atomic mass is 10.2. The van der Waals surface area contributed by atoms with Crippen LogP contribution in [0.3, 0.4) is 0 Å². The molecule has 1 heterocycles. The Kier molecular flexibility index (Phi) is 2.47. The van der Waals surface area contributed by atoms with Gasteiger partial charge < -0.3 is 4.42 Å². The van der Waals surface area contributed by atoms with Crippen LogP contribution in [0.15, 0.2) is 21.3 Å². The summed E-state index contributed by atoms with van der Waals surface area (Å²) in [7, 11) is 0. The molecule has 0 radical (unpaired) electrons. The molecule has 0 aliphatic carbocycles. The van der Waals surface area contributed by atoms with Gasteiger partial charge in [-0.05, 0) is 6.07 Å². The fourth-order valence-electron chi connectivity index (χ4n) is 1.31. The fourth-order valence-corrected chi connectivity index (χ4v) is 1.57. The molecule has 2 aromatic rings. The van der Waals surface area contributed by atoms with Gasteiger partial charge in [0.15, 0.2) is 17.7 Å². The molecule has 2 rings (SSSR count). The Balaban J connectivity index is 3.04. The second kappa shape index (κ2) is 3.68. The predicted octanol–water partition coefficient (Wildman–Crippen LogP) is 2.54. The highest BCUT2D eigenvalue weighted by Crippen LogP contribution is 2.26. The Morgan fingerprint density at radius 3 is 2.62 bits per heavy atom. The molecule has 0 unspecified atom stereocenters. The van der Waals surface area contributed by atoms with Gasteiger partial charge in [0.25, 0.3) is 0 Å². The third-order valence-corrected chi connectivity index (χ3v) is 2.42. The molecule has 3 nitrogen and oxygen atoms in total. The van der Waals surface area contributed by atoms with E-state index in [9.17, 15) is 18.4 Å². The minimum absolute atomic E-state index is 0.152. The van der Waals surface area contributed by atoms with Crippen LogP contribution in [0.25, 0.3) is 11.0 Å². The highest BCUT2D eigenvalue weighted by atomic mass is 35.5. The van der Waals surface area contributed by atoms with E-state index in [4.69, 9.17) is 11.6 Å². The van der Waals surface area contributed by atoms with Crippen molar-refractivity contribution in [1.29, 1.82) is 0 Å². The standard InChI is InChI=1S/C10H3ClF2O3/c11-8-5-1-4(12)2-7(13)9(5)16-10(15)6(8)3-14/h1-3H. The van der Waals surface area contributed by atoms with Crippen LogP contribution in [0, 0.1) is 11.6 Å². The molecule has 0 N–H and O–H groups in total. The SMILES string of the molecule is O=Cc1c(Cl)c2cc(F)cc(F)c2oc1=O. The van der Waals surface area contributed by atoms with Gasteiger partial charge in [-0.15, -0.1) is 0 Å². The number of benzene rings is 1. The summed E-state index contributed by atoms with van der Waals surface area (Å²) in [6.07, 6.45) is 0.177. The molecule has 0 spiro atoms. The Morgan fingerprint density at radius 2 is 2.00 bits per heavy atom. The molecule has 1 aromatic heterocycles. The van der Waals surface area contributed by atoms with Gasteiger partial charge in [0, 0.05) is 11.5 Å². The third kappa shape index (κ3) is 1.49. The molecule has 16 heavy (non-hydrogen) atoms. The van der Waals surface area contributed by atoms with Crippen molar-refractivity contribution in [3.63, 3.8) is 0 Å². The summed E-state index contributed by atoms with van der Waals surface area (Å²) >= 11 is 5.67. The van der Waals surface area contributed by atoms with Crippen LogP contribution in [-0.4, -0.2) is 6.29 Å². The van der Waals surface area contributed by atoms with Crippen molar-refractivity contribution in [3.05, 3.63) is 44.8 Å². The molecule has 82 valence electrons. The normalized spacial score (nSPS) is 10.7. The topological polar surface area (TPSA) is 47.3 Å². The summed E-state index contributed by atoms with van der Waals surface area (Å²) < 4.78 is 30.7. The van der Waals surface area contributed by atoms with E-state index in [0.717, 1.165) is 6.07 Å². The first-order valence-electron chi connectivity index (χ1n) is 4.11. The number of hydrogen-bond acceptors (Lipinski definition) is 3. The molecule has 0 atom stereocenters. The van der Waals surface area contributed by atoms with E-state index in [-0.39, 0.29) is 16.7 Å². The van der Waals surface area contributed by atoms with Crippen molar-refractivity contribution in [2.45, 2.75) is 0 Å². The zero-order valence-corrected chi connectivity index (χ0v) is 8.35. The van der Waals surface area contributed by atoms with Gasteiger partial charge in [-0.1, -0.05) is 11.6 Å². The van der Waals surface area contributed by atoms with Gasteiger partial charge in [0.2, 0.25) is 0 Å². The summed E-state index contributed by atoms with van der Waals surface area (Å²) in [4.78, 5) is 21.7. The largest absolute Gasteiger partial charge is 0.419 e. The average molecular weight is 245 g/mol. The van der Waals surface area contributed by atoms with E-state index in [0.29, 0.717) is 6.07 Å². The maximum atomic E-state index is 13.2. The van der Waals surface area contributed by atoms with Crippen LogP contribution in [0.2, 0.25) is 5.02 Å². The lowest BCUT2D eigenvalue weighted by molar-refractivity contribution is 0.112. The zero-order valence-electron chi connectivity index (χ0n) is 7.59. The summed E-state index contributed by atoms with van der Waals surface area (Å²) in [5.41, 5.74) is -1.99. The Bertz CT molecular complexity index is 649. The molecule has 0 saturated carbocycles. The molecule has 0 saturated heterocycles. The van der Waals surface area contributed by atoms with Crippen LogP contribution >= 0.6 is 11.6 Å². The van der Waals surface area contributed by atoms with Gasteiger partial charge in [-0.25, -0.2) is 13.6 Å². The minimum Gasteiger partial charge on any atom is -0.419 e. The van der Waals surface area contributed by atoms with Crippen LogP contribution in [0.5, 0.6) is 0 Å². The minimum atomic E-state index is -1.06. The van der Waals surface area contributed by atoms with Gasteiger partial charge in [-0.2, -0.15) is 0 Å². The number of aldehydes is 1. The molecular formula is C10H3ClF2O3. The smallest absolute Gasteiger partial charge is 0.348 e. The van der Waals surface area contributed by atoms with E-state index in [1.807, 2.05) is 0 Å². The lowest BCUT2D eigenvalue weighted by Gasteiger charge is -2.02. The Labute approximate surface area is 92.2 Å². The van der Waals surface area contributed by atoms with Crippen molar-refractivity contribution in [2.75, 3.05) is 0 Å². The first-order valence-corrected chi connectivity index (χ1v) is 4.49. The van der Waals surface area contributed by atoms with E-state index in [1.54, 1.807) is 0 Å². The second-order valence-electron chi connectivity index (χ2n) is 3.00. The maximum Gasteiger partial charge on any atom is 0.348 e. The first kappa shape index (κ1) is 10.8. The van der Waals surface area contributed by atoms with Crippen molar-refractivity contribution < 1.29 is 18.0 Å². The van der Waals surface area contributed by atoms with Crippen molar-refractivity contribution >= 4 is 28.9 Å². The summed E-state index contributed by atoms with van der Waals surface area (Å²) in [6.45, 7) is 0. The van der Waals surface area contributed by atoms with Gasteiger partial charge in [0.1, 0.15) is 11.4 Å². The maximum absolute atomic E-state index is 13.2. The van der Waals surface area contributed by atoms with Crippen LogP contribution < -0.4 is 5.63 Å². The van der Waals surface area contributed by atoms with Crippen LogP contribution in [0.1, 0.15) is 10.4 Å². The van der Waals surface area contributed by atoms with Crippen molar-refractivity contribution in [3.8, 4) is 0 Å². The predicted molar refractivity (Wildman–Crippen MR) is 52.8 cm³/mol. The Morgan fingerprint density at radius 1 is 1.31 bits per heavy atom. The van der Waals surface area contributed by atoms with Crippen LogP contribution in [-0.2, 0) is 0 Å². The molecule has 1 aromatic carbocycles. The summed E-state index contributed by atoms with van der Waals surface area (Å²) in [5.74, 6) is -1.93. The van der Waals surface area contributed by atoms with Gasteiger partial charge in [-0.3, -0.25) is 4.79 Å². The number of carbonyl (C=O) groups is 1. The molecule has 0 fully saturated rings. The highest BCUT2D eigenvalue weighted by Gasteiger charge is 2.16. The van der Waals surface area contributed by atoms with Gasteiger partial charge >= 0.3 is 5.63 Å². The number of halogens is 3. The van der Waals surface area contributed by atoms with Crippen molar-refractivity contribution in [1.82, 2.24) is 0 Å². The second-order valence-corrected chi connectivity index (χ2v) is 3.38. The molecule has 0 aliphatic rings. The number of rotatable bonds is 1. The lowest BCUT2D eigenvalue weighted by Crippen LogP contribution is -2.08. The Hall–Kier alpha value is -1.75. The van der Waals surface area contributed by atoms with E-state index < -0.39 is 28.4 Å². The van der Waals surface area contributed by atoms with E-state index in [2.05, 4.69) is 4.42 Å². The molecule has 0 bridgehead atoms. The molecule has 0 amide bonds. The number of fused-ring (bicyclic) bond motifs is 1. The fraction of sp³-hybridized carbons (Fsp3) is 0. The van der Waals surface area contributed by atoms with E-state index in [1.165, 1.54) is 0 Å². The molecule has 6 heteroatoms. The van der Waals surface area contributed by atoms with Crippen molar-refractivity contribution in [2.24, 2.45) is 0 Å². The molecule has 0 aliphatic heterocycles.